The minimum Gasteiger partial charge on any atom is -0.391 e. The minimum atomic E-state index is -3.05. The van der Waals surface area contributed by atoms with E-state index in [1.807, 2.05) is 23.1 Å². The standard InChI is InChI=1S/C19H28N2O5S/c1-26-12-17(23)20-10-15-18(14-6-4-3-5-7-14)19(15)13-21(11-16(19)22)8-9-27(2,24)25/h3-7,15-16,18,22H,8-13H2,1-2H3,(H,20,23)/t15-,16+,18-,19-/m1/s1. The number of sulfone groups is 1. The molecule has 4 atom stereocenters. The van der Waals surface area contributed by atoms with Crippen LogP contribution in [0.2, 0.25) is 0 Å². The maximum atomic E-state index is 11.8. The Morgan fingerprint density at radius 3 is 2.70 bits per heavy atom. The Hall–Kier alpha value is -1.48. The first kappa shape index (κ1) is 20.3. The molecule has 1 saturated carbocycles. The van der Waals surface area contributed by atoms with Crippen molar-refractivity contribution in [3.8, 4) is 0 Å². The van der Waals surface area contributed by atoms with Gasteiger partial charge < -0.3 is 15.2 Å². The van der Waals surface area contributed by atoms with Gasteiger partial charge in [0.25, 0.3) is 0 Å². The van der Waals surface area contributed by atoms with Gasteiger partial charge in [0.15, 0.2) is 0 Å². The number of aliphatic hydroxyl groups is 1. The molecule has 27 heavy (non-hydrogen) atoms. The van der Waals surface area contributed by atoms with E-state index in [0.29, 0.717) is 26.2 Å². The van der Waals surface area contributed by atoms with Gasteiger partial charge in [0, 0.05) is 45.0 Å². The average Bonchev–Trinajstić information content (AvgIpc) is 3.13. The number of methoxy groups -OCH3 is 1. The second-order valence-electron chi connectivity index (χ2n) is 7.73. The molecule has 150 valence electrons. The quantitative estimate of drug-likeness (QED) is 0.636. The molecule has 7 nitrogen and oxygen atoms in total. The molecule has 1 aromatic rings. The number of ether oxygens (including phenoxy) is 1. The van der Waals surface area contributed by atoms with Gasteiger partial charge in [-0.25, -0.2) is 8.42 Å². The van der Waals surface area contributed by atoms with E-state index in [4.69, 9.17) is 4.74 Å². The Bertz CT molecular complexity index is 770. The summed E-state index contributed by atoms with van der Waals surface area (Å²) >= 11 is 0. The Kier molecular flexibility index (Phi) is 5.90. The van der Waals surface area contributed by atoms with Gasteiger partial charge in [-0.05, 0) is 17.4 Å². The van der Waals surface area contributed by atoms with E-state index in [0.717, 1.165) is 5.56 Å². The van der Waals surface area contributed by atoms with Crippen LogP contribution in [-0.2, 0) is 19.4 Å². The van der Waals surface area contributed by atoms with Crippen molar-refractivity contribution >= 4 is 15.7 Å². The van der Waals surface area contributed by atoms with Gasteiger partial charge in [-0.2, -0.15) is 0 Å². The summed E-state index contributed by atoms with van der Waals surface area (Å²) in [6.45, 7) is 1.99. The molecule has 1 aliphatic heterocycles. The molecule has 0 radical (unpaired) electrons. The third kappa shape index (κ3) is 4.34. The van der Waals surface area contributed by atoms with Gasteiger partial charge in [0.1, 0.15) is 16.4 Å². The predicted octanol–water partition coefficient (Wildman–Crippen LogP) is -0.130. The molecule has 1 saturated heterocycles. The molecule has 0 bridgehead atoms. The van der Waals surface area contributed by atoms with Crippen molar-refractivity contribution in [2.75, 3.05) is 51.9 Å². The number of carbonyl (C=O) groups is 1. The van der Waals surface area contributed by atoms with Crippen molar-refractivity contribution in [3.05, 3.63) is 35.9 Å². The molecule has 1 aromatic carbocycles. The molecule has 2 fully saturated rings. The zero-order valence-electron chi connectivity index (χ0n) is 15.8. The van der Waals surface area contributed by atoms with Crippen molar-refractivity contribution in [1.29, 1.82) is 0 Å². The molecule has 0 unspecified atom stereocenters. The van der Waals surface area contributed by atoms with Crippen LogP contribution in [0.1, 0.15) is 11.5 Å². The van der Waals surface area contributed by atoms with Crippen LogP contribution < -0.4 is 5.32 Å². The van der Waals surface area contributed by atoms with E-state index in [1.165, 1.54) is 13.4 Å². The van der Waals surface area contributed by atoms with Crippen molar-refractivity contribution in [1.82, 2.24) is 10.2 Å². The number of nitrogens with one attached hydrogen (secondary N) is 1. The first-order valence-corrected chi connectivity index (χ1v) is 11.2. The SMILES string of the molecule is COCC(=O)NC[C@@H]1[C@@H](c2ccccc2)[C@]12CN(CCS(C)(=O)=O)C[C@@H]2O. The molecule has 2 N–H and O–H groups in total. The van der Waals surface area contributed by atoms with Crippen LogP contribution in [0.25, 0.3) is 0 Å². The number of hydrogen-bond donors (Lipinski definition) is 2. The van der Waals surface area contributed by atoms with Crippen molar-refractivity contribution in [2.45, 2.75) is 12.0 Å². The highest BCUT2D eigenvalue weighted by Crippen LogP contribution is 2.68. The maximum absolute atomic E-state index is 11.8. The summed E-state index contributed by atoms with van der Waals surface area (Å²) in [5.74, 6) is 0.160. The molecule has 1 amide bonds. The molecular formula is C19H28N2O5S. The lowest BCUT2D eigenvalue weighted by atomic mass is 9.95. The fraction of sp³-hybridized carbons (Fsp3) is 0.632. The predicted molar refractivity (Wildman–Crippen MR) is 102 cm³/mol. The van der Waals surface area contributed by atoms with E-state index >= 15 is 0 Å². The lowest BCUT2D eigenvalue weighted by Gasteiger charge is -2.16. The molecule has 1 heterocycles. The van der Waals surface area contributed by atoms with Crippen LogP contribution in [0.5, 0.6) is 0 Å². The van der Waals surface area contributed by atoms with Gasteiger partial charge in [-0.15, -0.1) is 0 Å². The lowest BCUT2D eigenvalue weighted by molar-refractivity contribution is -0.124. The number of likely N-dealkylation sites (tertiary alicyclic amines) is 1. The van der Waals surface area contributed by atoms with Crippen molar-refractivity contribution in [2.24, 2.45) is 11.3 Å². The molecule has 1 spiro atoms. The topological polar surface area (TPSA) is 95.9 Å². The van der Waals surface area contributed by atoms with Crippen molar-refractivity contribution < 1.29 is 23.1 Å². The molecule has 1 aliphatic carbocycles. The van der Waals surface area contributed by atoms with Crippen LogP contribution in [0.4, 0.5) is 0 Å². The van der Waals surface area contributed by atoms with Crippen LogP contribution >= 0.6 is 0 Å². The second-order valence-corrected chi connectivity index (χ2v) is 9.98. The molecule has 3 rings (SSSR count). The summed E-state index contributed by atoms with van der Waals surface area (Å²) < 4.78 is 27.8. The lowest BCUT2D eigenvalue weighted by Crippen LogP contribution is -2.32. The largest absolute Gasteiger partial charge is 0.391 e. The van der Waals surface area contributed by atoms with Gasteiger partial charge in [0.05, 0.1) is 11.9 Å². The summed E-state index contributed by atoms with van der Waals surface area (Å²) in [5.41, 5.74) is 0.798. The van der Waals surface area contributed by atoms with Gasteiger partial charge >= 0.3 is 0 Å². The number of amides is 1. The van der Waals surface area contributed by atoms with Crippen LogP contribution in [-0.4, -0.2) is 82.3 Å². The first-order chi connectivity index (χ1) is 12.8. The fourth-order valence-electron chi connectivity index (χ4n) is 4.56. The monoisotopic (exact) mass is 396 g/mol. The number of benzene rings is 1. The van der Waals surface area contributed by atoms with E-state index in [9.17, 15) is 18.3 Å². The summed E-state index contributed by atoms with van der Waals surface area (Å²) in [7, 11) is -1.57. The highest BCUT2D eigenvalue weighted by molar-refractivity contribution is 7.90. The Morgan fingerprint density at radius 2 is 2.07 bits per heavy atom. The average molecular weight is 397 g/mol. The number of β-amino-alcohol motifs (C(OH)–C–C–N with tert-alkyl or cyclic N) is 1. The summed E-state index contributed by atoms with van der Waals surface area (Å²) in [5, 5.41) is 13.8. The van der Waals surface area contributed by atoms with E-state index in [2.05, 4.69) is 17.4 Å². The first-order valence-electron chi connectivity index (χ1n) is 9.16. The van der Waals surface area contributed by atoms with Gasteiger partial charge in [0.2, 0.25) is 5.91 Å². The molecular weight excluding hydrogens is 368 g/mol. The van der Waals surface area contributed by atoms with Crippen LogP contribution in [0.15, 0.2) is 30.3 Å². The van der Waals surface area contributed by atoms with E-state index in [-0.39, 0.29) is 35.5 Å². The van der Waals surface area contributed by atoms with Crippen LogP contribution in [0.3, 0.4) is 0 Å². The Balaban J connectivity index is 1.74. The zero-order chi connectivity index (χ0) is 19.7. The third-order valence-corrected chi connectivity index (χ3v) is 6.77. The highest BCUT2D eigenvalue weighted by Gasteiger charge is 2.70. The molecule has 8 heteroatoms. The second kappa shape index (κ2) is 7.87. The van der Waals surface area contributed by atoms with E-state index < -0.39 is 15.9 Å². The minimum absolute atomic E-state index is 0.0127. The third-order valence-electron chi connectivity index (χ3n) is 5.84. The number of nitrogens with zero attached hydrogens (tertiary/aromatic N) is 1. The number of carbonyl (C=O) groups excluding carboxylic acids is 1. The van der Waals surface area contributed by atoms with E-state index in [1.54, 1.807) is 0 Å². The highest BCUT2D eigenvalue weighted by atomic mass is 32.2. The smallest absolute Gasteiger partial charge is 0.245 e. The Morgan fingerprint density at radius 1 is 1.37 bits per heavy atom. The van der Waals surface area contributed by atoms with Gasteiger partial charge in [-0.1, -0.05) is 30.3 Å². The fourth-order valence-corrected chi connectivity index (χ4v) is 5.15. The van der Waals surface area contributed by atoms with Crippen molar-refractivity contribution in [3.63, 3.8) is 0 Å². The summed E-state index contributed by atoms with van der Waals surface area (Å²) in [4.78, 5) is 13.8. The maximum Gasteiger partial charge on any atom is 0.245 e. The normalized spacial score (nSPS) is 30.6. The number of aliphatic hydroxyl groups excluding tert-OH is 1. The van der Waals surface area contributed by atoms with Crippen LogP contribution in [0, 0.1) is 11.3 Å². The zero-order valence-corrected chi connectivity index (χ0v) is 16.6. The van der Waals surface area contributed by atoms with Gasteiger partial charge in [-0.3, -0.25) is 9.69 Å². The Labute approximate surface area is 160 Å². The summed E-state index contributed by atoms with van der Waals surface area (Å²) in [6, 6.07) is 10.0. The molecule has 2 aliphatic rings. The summed E-state index contributed by atoms with van der Waals surface area (Å²) in [6.07, 6.45) is 0.680. The number of hydrogen-bond acceptors (Lipinski definition) is 6. The number of rotatable bonds is 8. The molecule has 0 aromatic heterocycles.